The second kappa shape index (κ2) is 15.5. The summed E-state index contributed by atoms with van der Waals surface area (Å²) >= 11 is 0. The van der Waals surface area contributed by atoms with Gasteiger partial charge < -0.3 is 9.80 Å². The van der Waals surface area contributed by atoms with Gasteiger partial charge in [-0.25, -0.2) is 0 Å². The Bertz CT molecular complexity index is 3730. The summed E-state index contributed by atoms with van der Waals surface area (Å²) in [5, 5.41) is 5.16. The molecule has 0 atom stereocenters. The number of hydrogen-bond donors (Lipinski definition) is 0. The monoisotopic (exact) mass is 902 g/mol. The number of hydrogen-bond acceptors (Lipinski definition) is 2. The summed E-state index contributed by atoms with van der Waals surface area (Å²) in [4.78, 5) is 5.14. The van der Waals surface area contributed by atoms with Crippen molar-refractivity contribution < 1.29 is 0 Å². The molecule has 2 aliphatic heterocycles. The Morgan fingerprint density at radius 3 is 1.64 bits per heavy atom. The predicted octanol–water partition coefficient (Wildman–Crippen LogP) is 17.9. The number of anilines is 4. The lowest BCUT2D eigenvalue weighted by Crippen LogP contribution is -2.24. The van der Waals surface area contributed by atoms with Gasteiger partial charge in [0.1, 0.15) is 0 Å². The quantitative estimate of drug-likeness (QED) is 0.159. The van der Waals surface area contributed by atoms with Crippen molar-refractivity contribution in [2.24, 2.45) is 0 Å². The van der Waals surface area contributed by atoms with E-state index in [-0.39, 0.29) is 10.8 Å². The first kappa shape index (κ1) is 41.5. The van der Waals surface area contributed by atoms with Gasteiger partial charge >= 0.3 is 0 Å². The van der Waals surface area contributed by atoms with Gasteiger partial charge in [0.15, 0.2) is 0 Å². The first-order valence-electron chi connectivity index (χ1n) is 25.9. The zero-order valence-corrected chi connectivity index (χ0v) is 40.9. The molecule has 0 radical (unpaired) electrons. The van der Waals surface area contributed by atoms with Crippen molar-refractivity contribution in [1.82, 2.24) is 0 Å². The normalized spacial score (nSPS) is 17.0. The van der Waals surface area contributed by atoms with Crippen molar-refractivity contribution in [3.8, 4) is 44.5 Å². The highest BCUT2D eigenvalue weighted by Crippen LogP contribution is 2.54. The zero-order chi connectivity index (χ0) is 46.9. The van der Waals surface area contributed by atoms with E-state index in [4.69, 9.17) is 0 Å². The Morgan fingerprint density at radius 1 is 0.400 bits per heavy atom. The highest BCUT2D eigenvalue weighted by atomic mass is 15.1. The van der Waals surface area contributed by atoms with Gasteiger partial charge in [-0.15, -0.1) is 0 Å². The molecule has 5 aliphatic rings. The van der Waals surface area contributed by atoms with Gasteiger partial charge in [0.05, 0.1) is 0 Å². The maximum atomic E-state index is 2.57. The van der Waals surface area contributed by atoms with Crippen molar-refractivity contribution >= 4 is 49.9 Å². The molecule has 9 aromatic rings. The minimum Gasteiger partial charge on any atom is -0.341 e. The summed E-state index contributed by atoms with van der Waals surface area (Å²) in [6, 6.07) is 66.0. The third-order valence-corrected chi connectivity index (χ3v) is 17.2. The molecule has 0 fully saturated rings. The van der Waals surface area contributed by atoms with E-state index in [0.717, 1.165) is 51.6 Å². The number of benzene rings is 9. The average molecular weight is 903 g/mol. The van der Waals surface area contributed by atoms with E-state index in [1.54, 1.807) is 0 Å². The summed E-state index contributed by atoms with van der Waals surface area (Å²) < 4.78 is 0. The third-order valence-electron chi connectivity index (χ3n) is 17.2. The SMILES string of the molecule is CC1(C)C2=C(CCC=C2)c2cc(-c3ccc(-c4c5ccc(N6CCCc7ccccc76)cc5c(-c5ccc6c(c5)C(C)(C)c5ccccc5-6)c5ccc(N6CCCc7ccccc76)cc45)cc3)ccc21. The Morgan fingerprint density at radius 2 is 0.957 bits per heavy atom. The van der Waals surface area contributed by atoms with Crippen molar-refractivity contribution in [3.63, 3.8) is 0 Å². The van der Waals surface area contributed by atoms with Crippen LogP contribution in [0.1, 0.15) is 86.8 Å². The summed E-state index contributed by atoms with van der Waals surface area (Å²) in [6.45, 7) is 11.6. The summed E-state index contributed by atoms with van der Waals surface area (Å²) in [7, 11) is 0. The lowest BCUT2D eigenvalue weighted by atomic mass is 9.80. The van der Waals surface area contributed by atoms with Gasteiger partial charge in [0.2, 0.25) is 0 Å². The van der Waals surface area contributed by atoms with E-state index in [1.807, 2.05) is 0 Å². The van der Waals surface area contributed by atoms with Crippen LogP contribution in [0.15, 0.2) is 188 Å². The topological polar surface area (TPSA) is 6.48 Å². The molecule has 0 N–H and O–H groups in total. The fourth-order valence-electron chi connectivity index (χ4n) is 13.6. The molecule has 14 rings (SSSR count). The second-order valence-electron chi connectivity index (χ2n) is 21.7. The molecule has 2 heteroatoms. The fraction of sp³-hybridized carbons (Fsp3) is 0.206. The van der Waals surface area contributed by atoms with Crippen LogP contribution in [0.2, 0.25) is 0 Å². The molecule has 0 aromatic heterocycles. The Balaban J connectivity index is 1.01. The standard InChI is InChI=1S/C68H58N2/c1-67(2)60-22-10-8-20-52(60)56-39-47(30-36-61(56)67)43-25-27-46(28-26-43)65-54-34-31-50(70-38-14-18-45-16-6-12-24-64(45)70)42-58(54)66(48-29-33-53-51-19-7-9-21-59(51)68(3,4)62(53)40-48)55-35-32-49(41-57(55)65)69-37-13-17-44-15-5-11-23-63(44)69/h5-7,9-12,15-16,19,21-36,39-42H,8,13-14,17-18,20,37-38H2,1-4H3. The summed E-state index contributed by atoms with van der Waals surface area (Å²) in [6.07, 6.45) is 11.5. The summed E-state index contributed by atoms with van der Waals surface area (Å²) in [5.41, 5.74) is 27.1. The largest absolute Gasteiger partial charge is 0.341 e. The Labute approximate surface area is 413 Å². The van der Waals surface area contributed by atoms with Crippen LogP contribution in [-0.4, -0.2) is 13.1 Å². The van der Waals surface area contributed by atoms with Crippen molar-refractivity contribution in [2.45, 2.75) is 77.0 Å². The molecule has 9 aromatic carbocycles. The van der Waals surface area contributed by atoms with E-state index in [2.05, 4.69) is 220 Å². The molecule has 3 aliphatic carbocycles. The maximum Gasteiger partial charge on any atom is 0.0443 e. The average Bonchev–Trinajstić information content (AvgIpc) is 3.78. The van der Waals surface area contributed by atoms with Crippen LogP contribution in [-0.2, 0) is 23.7 Å². The molecule has 0 saturated heterocycles. The maximum absolute atomic E-state index is 2.57. The van der Waals surface area contributed by atoms with Gasteiger partial charge in [0.25, 0.3) is 0 Å². The van der Waals surface area contributed by atoms with Gasteiger partial charge in [-0.3, -0.25) is 0 Å². The molecule has 70 heavy (non-hydrogen) atoms. The molecule has 0 bridgehead atoms. The van der Waals surface area contributed by atoms with Crippen molar-refractivity contribution in [1.29, 1.82) is 0 Å². The van der Waals surface area contributed by atoms with Gasteiger partial charge in [-0.05, 0) is 198 Å². The molecule has 0 unspecified atom stereocenters. The minimum absolute atomic E-state index is 0.0334. The Hall–Kier alpha value is -7.42. The lowest BCUT2D eigenvalue weighted by Gasteiger charge is -2.32. The highest BCUT2D eigenvalue weighted by Gasteiger charge is 2.38. The van der Waals surface area contributed by atoms with Crippen LogP contribution in [0.5, 0.6) is 0 Å². The van der Waals surface area contributed by atoms with Crippen molar-refractivity contribution in [2.75, 3.05) is 22.9 Å². The van der Waals surface area contributed by atoms with E-state index in [1.165, 1.54) is 133 Å². The smallest absolute Gasteiger partial charge is 0.0443 e. The number of aryl methyl sites for hydroxylation is 2. The van der Waals surface area contributed by atoms with Gasteiger partial charge in [-0.1, -0.05) is 161 Å². The number of nitrogens with zero attached hydrogens (tertiary/aromatic N) is 2. The van der Waals surface area contributed by atoms with E-state index >= 15 is 0 Å². The predicted molar refractivity (Wildman–Crippen MR) is 297 cm³/mol. The van der Waals surface area contributed by atoms with E-state index in [9.17, 15) is 0 Å². The molecule has 2 nitrogen and oxygen atoms in total. The second-order valence-corrected chi connectivity index (χ2v) is 21.7. The van der Waals surface area contributed by atoms with Crippen LogP contribution >= 0.6 is 0 Å². The van der Waals surface area contributed by atoms with Crippen LogP contribution < -0.4 is 9.80 Å². The number of allylic oxidation sites excluding steroid dienone is 4. The molecule has 0 amide bonds. The van der Waals surface area contributed by atoms with Crippen LogP contribution in [0.3, 0.4) is 0 Å². The summed E-state index contributed by atoms with van der Waals surface area (Å²) in [5.74, 6) is 0. The van der Waals surface area contributed by atoms with E-state index < -0.39 is 0 Å². The van der Waals surface area contributed by atoms with Crippen LogP contribution in [0.25, 0.3) is 71.6 Å². The minimum atomic E-state index is -0.117. The van der Waals surface area contributed by atoms with Crippen molar-refractivity contribution in [3.05, 3.63) is 221 Å². The highest BCUT2D eigenvalue weighted by molar-refractivity contribution is 6.22. The fourth-order valence-corrected chi connectivity index (χ4v) is 13.6. The lowest BCUT2D eigenvalue weighted by molar-refractivity contribution is 0.651. The third kappa shape index (κ3) is 6.18. The first-order chi connectivity index (χ1) is 34.2. The number of rotatable bonds is 5. The Kier molecular flexibility index (Phi) is 9.22. The molecular weight excluding hydrogens is 845 g/mol. The van der Waals surface area contributed by atoms with Crippen LogP contribution in [0, 0.1) is 0 Å². The number of fused-ring (bicyclic) bond motifs is 9. The zero-order valence-electron chi connectivity index (χ0n) is 40.9. The number of para-hydroxylation sites is 2. The van der Waals surface area contributed by atoms with Gasteiger partial charge in [-0.2, -0.15) is 0 Å². The van der Waals surface area contributed by atoms with Gasteiger partial charge in [0, 0.05) is 46.7 Å². The van der Waals surface area contributed by atoms with Crippen LogP contribution in [0.4, 0.5) is 22.7 Å². The molecule has 340 valence electrons. The molecular formula is C68H58N2. The first-order valence-corrected chi connectivity index (χ1v) is 25.9. The van der Waals surface area contributed by atoms with E-state index in [0.29, 0.717) is 0 Å². The molecule has 2 heterocycles. The molecule has 0 saturated carbocycles. The molecule has 0 spiro atoms.